The van der Waals surface area contributed by atoms with Gasteiger partial charge in [-0.3, -0.25) is 0 Å². The van der Waals surface area contributed by atoms with Crippen LogP contribution >= 0.6 is 0 Å². The maximum absolute atomic E-state index is 12.1. The van der Waals surface area contributed by atoms with Crippen molar-refractivity contribution in [3.05, 3.63) is 42.1 Å². The lowest BCUT2D eigenvalue weighted by molar-refractivity contribution is 0.504. The lowest BCUT2D eigenvalue weighted by Crippen LogP contribution is -2.30. The molecule has 1 aromatic heterocycles. The minimum atomic E-state index is -3.65. The summed E-state index contributed by atoms with van der Waals surface area (Å²) >= 11 is 0. The lowest BCUT2D eigenvalue weighted by atomic mass is 10.1. The van der Waals surface area contributed by atoms with Gasteiger partial charge in [0.2, 0.25) is 0 Å². The molecule has 19 heavy (non-hydrogen) atoms. The van der Waals surface area contributed by atoms with Crippen LogP contribution in [0.25, 0.3) is 11.3 Å². The first-order chi connectivity index (χ1) is 8.96. The zero-order valence-corrected chi connectivity index (χ0v) is 11.3. The molecular weight excluding hydrogens is 264 g/mol. The molecule has 0 atom stereocenters. The summed E-state index contributed by atoms with van der Waals surface area (Å²) in [7, 11) is -0.766. The summed E-state index contributed by atoms with van der Waals surface area (Å²) in [5.74, 6) is 0. The minimum Gasteiger partial charge on any atom is -0.192 e. The molecule has 0 radical (unpaired) electrons. The van der Waals surface area contributed by atoms with Gasteiger partial charge in [0.05, 0.1) is 23.5 Å². The van der Waals surface area contributed by atoms with E-state index < -0.39 is 10.2 Å². The highest BCUT2D eigenvalue weighted by Crippen LogP contribution is 2.21. The first-order valence-corrected chi connectivity index (χ1v) is 6.84. The Kier molecular flexibility index (Phi) is 3.38. The molecule has 1 aromatic carbocycles. The van der Waals surface area contributed by atoms with Gasteiger partial charge < -0.3 is 0 Å². The van der Waals surface area contributed by atoms with Gasteiger partial charge in [-0.2, -0.15) is 23.1 Å². The maximum Gasteiger partial charge on any atom is 0.322 e. The SMILES string of the molecule is CN(C)S(=O)(=O)n1nccc1-c1ccc(C#N)cc1. The van der Waals surface area contributed by atoms with Crippen LogP contribution in [0.4, 0.5) is 0 Å². The number of nitrogens with zero attached hydrogens (tertiary/aromatic N) is 4. The largest absolute Gasteiger partial charge is 0.322 e. The molecule has 0 spiro atoms. The standard InChI is InChI=1S/C12H12N4O2S/c1-15(2)19(17,18)16-12(7-8-14-16)11-5-3-10(9-13)4-6-11/h3-8H,1-2H3. The van der Waals surface area contributed by atoms with E-state index in [2.05, 4.69) is 5.10 Å². The summed E-state index contributed by atoms with van der Waals surface area (Å²) in [6, 6.07) is 10.3. The molecule has 0 saturated carbocycles. The number of hydrogen-bond acceptors (Lipinski definition) is 4. The second kappa shape index (κ2) is 4.84. The molecule has 98 valence electrons. The van der Waals surface area contributed by atoms with Crippen LogP contribution in [-0.2, 0) is 10.2 Å². The first kappa shape index (κ1) is 13.3. The normalized spacial score (nSPS) is 11.5. The van der Waals surface area contributed by atoms with Crippen molar-refractivity contribution in [1.82, 2.24) is 13.5 Å². The Bertz CT molecular complexity index is 724. The average molecular weight is 276 g/mol. The van der Waals surface area contributed by atoms with Crippen LogP contribution in [-0.4, -0.2) is 36.0 Å². The van der Waals surface area contributed by atoms with Gasteiger partial charge >= 0.3 is 10.2 Å². The molecule has 0 fully saturated rings. The van der Waals surface area contributed by atoms with Crippen LogP contribution in [0.1, 0.15) is 5.56 Å². The fourth-order valence-corrected chi connectivity index (χ4v) is 2.45. The zero-order valence-electron chi connectivity index (χ0n) is 10.5. The molecule has 1 heterocycles. The van der Waals surface area contributed by atoms with Crippen LogP contribution in [0, 0.1) is 11.3 Å². The monoisotopic (exact) mass is 276 g/mol. The lowest BCUT2D eigenvalue weighted by Gasteiger charge is -2.13. The molecular formula is C12H12N4O2S. The van der Waals surface area contributed by atoms with Gasteiger partial charge in [-0.05, 0) is 18.2 Å². The number of rotatable bonds is 3. The quantitative estimate of drug-likeness (QED) is 0.840. The van der Waals surface area contributed by atoms with Gasteiger partial charge in [0.1, 0.15) is 0 Å². The second-order valence-electron chi connectivity index (χ2n) is 4.04. The second-order valence-corrected chi connectivity index (χ2v) is 6.01. The fourth-order valence-electron chi connectivity index (χ4n) is 1.55. The average Bonchev–Trinajstić information content (AvgIpc) is 2.88. The first-order valence-electron chi connectivity index (χ1n) is 5.44. The predicted octanol–water partition coefficient (Wildman–Crippen LogP) is 1.08. The summed E-state index contributed by atoms with van der Waals surface area (Å²) in [5.41, 5.74) is 1.66. The van der Waals surface area contributed by atoms with Crippen LogP contribution in [0.5, 0.6) is 0 Å². The van der Waals surface area contributed by atoms with Gasteiger partial charge in [-0.25, -0.2) is 0 Å². The van der Waals surface area contributed by atoms with Crippen LogP contribution in [0.3, 0.4) is 0 Å². The summed E-state index contributed by atoms with van der Waals surface area (Å²) in [5, 5.41) is 12.6. The van der Waals surface area contributed by atoms with Crippen molar-refractivity contribution in [2.75, 3.05) is 14.1 Å². The molecule has 0 amide bonds. The minimum absolute atomic E-state index is 0.457. The third-order valence-electron chi connectivity index (χ3n) is 2.60. The molecule has 6 nitrogen and oxygen atoms in total. The molecule has 7 heteroatoms. The molecule has 0 aliphatic carbocycles. The number of hydrogen-bond donors (Lipinski definition) is 0. The Labute approximate surface area is 111 Å². The van der Waals surface area contributed by atoms with E-state index in [0.717, 1.165) is 8.39 Å². The molecule has 0 bridgehead atoms. The smallest absolute Gasteiger partial charge is 0.192 e. The van der Waals surface area contributed by atoms with E-state index >= 15 is 0 Å². The Morgan fingerprint density at radius 3 is 2.37 bits per heavy atom. The van der Waals surface area contributed by atoms with E-state index in [1.165, 1.54) is 20.3 Å². The topological polar surface area (TPSA) is 79.0 Å². The summed E-state index contributed by atoms with van der Waals surface area (Å²) in [6.45, 7) is 0. The summed E-state index contributed by atoms with van der Waals surface area (Å²) in [6.07, 6.45) is 1.43. The van der Waals surface area contributed by atoms with Gasteiger partial charge in [0, 0.05) is 19.7 Å². The van der Waals surface area contributed by atoms with Crippen molar-refractivity contribution >= 4 is 10.2 Å². The summed E-state index contributed by atoms with van der Waals surface area (Å²) < 4.78 is 26.2. The zero-order chi connectivity index (χ0) is 14.0. The fraction of sp³-hybridized carbons (Fsp3) is 0.167. The highest BCUT2D eigenvalue weighted by molar-refractivity contribution is 7.87. The van der Waals surface area contributed by atoms with Crippen molar-refractivity contribution in [3.63, 3.8) is 0 Å². The van der Waals surface area contributed by atoms with Crippen LogP contribution < -0.4 is 0 Å². The Morgan fingerprint density at radius 1 is 1.21 bits per heavy atom. The molecule has 0 aliphatic heterocycles. The van der Waals surface area contributed by atoms with Crippen molar-refractivity contribution in [3.8, 4) is 17.3 Å². The third kappa shape index (κ3) is 2.36. The van der Waals surface area contributed by atoms with Gasteiger partial charge in [0.15, 0.2) is 0 Å². The highest BCUT2D eigenvalue weighted by Gasteiger charge is 2.21. The Balaban J connectivity index is 2.54. The molecule has 0 unspecified atom stereocenters. The van der Waals surface area contributed by atoms with E-state index in [4.69, 9.17) is 5.26 Å². The van der Waals surface area contributed by atoms with Gasteiger partial charge in [-0.1, -0.05) is 12.1 Å². The number of nitriles is 1. The Hall–Kier alpha value is -2.17. The summed E-state index contributed by atoms with van der Waals surface area (Å²) in [4.78, 5) is 0. The highest BCUT2D eigenvalue weighted by atomic mass is 32.2. The molecule has 2 aromatic rings. The molecule has 2 rings (SSSR count). The molecule has 0 N–H and O–H groups in total. The van der Waals surface area contributed by atoms with E-state index in [0.29, 0.717) is 16.8 Å². The molecule has 0 aliphatic rings. The van der Waals surface area contributed by atoms with Crippen molar-refractivity contribution in [1.29, 1.82) is 5.26 Å². The van der Waals surface area contributed by atoms with Crippen LogP contribution in [0.2, 0.25) is 0 Å². The van der Waals surface area contributed by atoms with Gasteiger partial charge in [0.25, 0.3) is 0 Å². The van der Waals surface area contributed by atoms with E-state index in [-0.39, 0.29) is 0 Å². The van der Waals surface area contributed by atoms with E-state index in [9.17, 15) is 8.42 Å². The van der Waals surface area contributed by atoms with E-state index in [1.54, 1.807) is 30.3 Å². The molecule has 0 saturated heterocycles. The van der Waals surface area contributed by atoms with E-state index in [1.807, 2.05) is 6.07 Å². The van der Waals surface area contributed by atoms with Crippen molar-refractivity contribution < 1.29 is 8.42 Å². The van der Waals surface area contributed by atoms with Crippen LogP contribution in [0.15, 0.2) is 36.5 Å². The maximum atomic E-state index is 12.1. The Morgan fingerprint density at radius 2 is 1.84 bits per heavy atom. The number of benzene rings is 1. The predicted molar refractivity (Wildman–Crippen MR) is 70.4 cm³/mol. The number of aromatic nitrogens is 2. The van der Waals surface area contributed by atoms with Gasteiger partial charge in [-0.15, -0.1) is 4.09 Å². The third-order valence-corrected chi connectivity index (χ3v) is 4.25. The van der Waals surface area contributed by atoms with Crippen molar-refractivity contribution in [2.24, 2.45) is 0 Å². The van der Waals surface area contributed by atoms with Crippen molar-refractivity contribution in [2.45, 2.75) is 0 Å².